The monoisotopic (exact) mass is 1240 g/mol. The maximum absolute atomic E-state index is 14.2. The lowest BCUT2D eigenvalue weighted by atomic mass is 9.12. The van der Waals surface area contributed by atoms with Crippen LogP contribution in [0, 0.1) is 0 Å². The van der Waals surface area contributed by atoms with Crippen molar-refractivity contribution in [3.05, 3.63) is 243 Å². The van der Waals surface area contributed by atoms with Crippen molar-refractivity contribution in [3.8, 4) is 0 Å². The Morgan fingerprint density at radius 2 is 0.616 bits per heavy atom. The van der Waals surface area contributed by atoms with Gasteiger partial charge in [-0.2, -0.15) is 132 Å². The Labute approximate surface area is 468 Å². The highest BCUT2D eigenvalue weighted by atomic mass is 19.4. The van der Waals surface area contributed by atoms with Gasteiger partial charge in [-0.1, -0.05) is 133 Å². The molecular formula is C59H32BF24NO. The summed E-state index contributed by atoms with van der Waals surface area (Å²) < 4.78 is 343. The Bertz CT molecular complexity index is 3560. The third kappa shape index (κ3) is 13.6. The number of nitrogens with zero attached hydrogens (tertiary/aromatic N) is 1. The van der Waals surface area contributed by atoms with E-state index in [1.165, 1.54) is 5.56 Å². The number of fused-ring (bicyclic) bond motifs is 2. The molecule has 1 aromatic heterocycles. The Balaban J connectivity index is 0.000000274. The zero-order chi connectivity index (χ0) is 63.5. The fourth-order valence-electron chi connectivity index (χ4n) is 9.96. The van der Waals surface area contributed by atoms with E-state index in [0.29, 0.717) is 12.1 Å². The predicted octanol–water partition coefficient (Wildman–Crippen LogP) is 16.8. The van der Waals surface area contributed by atoms with Crippen molar-refractivity contribution >= 4 is 55.3 Å². The fraction of sp³-hybridized carbons (Fsp3) is 0.153. The van der Waals surface area contributed by atoms with Crippen LogP contribution in [-0.4, -0.2) is 11.9 Å². The minimum atomic E-state index is -6.13. The Morgan fingerprint density at radius 1 is 0.314 bits per heavy atom. The van der Waals surface area contributed by atoms with Crippen molar-refractivity contribution in [3.63, 3.8) is 0 Å². The molecule has 0 saturated carbocycles. The quantitative estimate of drug-likeness (QED) is 0.0643. The lowest BCUT2D eigenvalue weighted by Gasteiger charge is -2.46. The number of hydrogen-bond donors (Lipinski definition) is 0. The maximum atomic E-state index is 14.2. The molecule has 0 aliphatic heterocycles. The number of halogens is 24. The van der Waals surface area contributed by atoms with Gasteiger partial charge in [0.25, 0.3) is 11.5 Å². The van der Waals surface area contributed by atoms with Gasteiger partial charge in [0, 0.05) is 17.2 Å². The summed E-state index contributed by atoms with van der Waals surface area (Å²) >= 11 is 0. The van der Waals surface area contributed by atoms with E-state index in [1.54, 1.807) is 0 Å². The number of rotatable bonds is 8. The molecule has 450 valence electrons. The first-order chi connectivity index (χ1) is 39.6. The van der Waals surface area contributed by atoms with Crippen molar-refractivity contribution in [2.75, 3.05) is 0 Å². The lowest BCUT2D eigenvalue weighted by Crippen LogP contribution is -2.75. The van der Waals surface area contributed by atoms with Crippen molar-refractivity contribution in [2.45, 2.75) is 56.0 Å². The molecule has 0 bridgehead atoms. The molecule has 9 rings (SSSR count). The molecule has 0 amide bonds. The standard InChI is InChI=1S/C32H12BF24.C27H20NO/c34-25(35,36)13-1-14(26(37,38)39)6-21(5-13)33(22-7-15(27(40,41)42)2-16(8-22)28(43,44)45,23-9-17(29(46,47)48)3-18(10-23)30(49,50)51)24-11-19(31(52,53)54)4-20(12-24)32(55,56)57;29-27(24-15-14-21-10-4-5-12-23(21)18-24)26-25-13-7-6-11-22(25)16-17-28(26)19-20-8-2-1-3-9-20/h1-12H;1-18H,19H2/q-1;+1. The van der Waals surface area contributed by atoms with Crippen molar-refractivity contribution in [2.24, 2.45) is 0 Å². The van der Waals surface area contributed by atoms with E-state index in [2.05, 4.69) is 34.9 Å². The molecule has 0 unspecified atom stereocenters. The van der Waals surface area contributed by atoms with Crippen LogP contribution in [0.15, 0.2) is 182 Å². The summed E-state index contributed by atoms with van der Waals surface area (Å²) in [5, 5.41) is 4.26. The number of benzene rings is 8. The van der Waals surface area contributed by atoms with E-state index in [4.69, 9.17) is 0 Å². The number of ketones is 1. The van der Waals surface area contributed by atoms with Crippen LogP contribution in [0.5, 0.6) is 0 Å². The van der Waals surface area contributed by atoms with Crippen LogP contribution in [0.25, 0.3) is 21.5 Å². The molecule has 0 saturated heterocycles. The highest BCUT2D eigenvalue weighted by Crippen LogP contribution is 2.42. The largest absolute Gasteiger partial charge is 0.416 e. The topological polar surface area (TPSA) is 20.9 Å². The molecule has 0 radical (unpaired) electrons. The van der Waals surface area contributed by atoms with Crippen LogP contribution in [0.4, 0.5) is 105 Å². The van der Waals surface area contributed by atoms with Crippen LogP contribution < -0.4 is 26.4 Å². The average molecular weight is 1240 g/mol. The number of carbonyl (C=O) groups excluding carboxylic acids is 1. The highest BCUT2D eigenvalue weighted by molar-refractivity contribution is 7.20. The van der Waals surface area contributed by atoms with Gasteiger partial charge >= 0.3 is 49.4 Å². The molecule has 2 nitrogen and oxygen atoms in total. The van der Waals surface area contributed by atoms with Crippen LogP contribution >= 0.6 is 0 Å². The minimum Gasteiger partial charge on any atom is -0.282 e. The van der Waals surface area contributed by atoms with Crippen LogP contribution in [0.1, 0.15) is 66.1 Å². The Kier molecular flexibility index (Phi) is 16.5. The van der Waals surface area contributed by atoms with Gasteiger partial charge in [0.1, 0.15) is 6.15 Å². The van der Waals surface area contributed by atoms with E-state index >= 15 is 0 Å². The van der Waals surface area contributed by atoms with Crippen LogP contribution in [0.3, 0.4) is 0 Å². The number of hydrogen-bond acceptors (Lipinski definition) is 1. The second kappa shape index (κ2) is 22.4. The smallest absolute Gasteiger partial charge is 0.282 e. The molecule has 0 aliphatic rings. The zero-order valence-electron chi connectivity index (χ0n) is 42.5. The molecule has 0 aliphatic carbocycles. The molecule has 0 N–H and O–H groups in total. The van der Waals surface area contributed by atoms with Gasteiger partial charge in [-0.25, -0.2) is 0 Å². The summed E-state index contributed by atoms with van der Waals surface area (Å²) in [6.45, 7) is 0.653. The molecule has 0 fully saturated rings. The molecule has 86 heavy (non-hydrogen) atoms. The predicted molar refractivity (Wildman–Crippen MR) is 267 cm³/mol. The van der Waals surface area contributed by atoms with E-state index in [1.807, 2.05) is 79.0 Å². The summed E-state index contributed by atoms with van der Waals surface area (Å²) in [6.07, 6.45) is -52.8. The van der Waals surface area contributed by atoms with Gasteiger partial charge < -0.3 is 0 Å². The van der Waals surface area contributed by atoms with E-state index in [-0.39, 0.29) is 5.78 Å². The zero-order valence-corrected chi connectivity index (χ0v) is 42.5. The van der Waals surface area contributed by atoms with E-state index < -0.39 is 195 Å². The van der Waals surface area contributed by atoms with Crippen LogP contribution in [0.2, 0.25) is 0 Å². The Morgan fingerprint density at radius 3 is 0.953 bits per heavy atom. The van der Waals surface area contributed by atoms with Crippen LogP contribution in [-0.2, 0) is 56.0 Å². The molecule has 1 heterocycles. The molecular weight excluding hydrogens is 1210 g/mol. The maximum Gasteiger partial charge on any atom is 0.416 e. The normalized spacial score (nSPS) is 13.2. The van der Waals surface area contributed by atoms with Gasteiger partial charge in [0.2, 0.25) is 0 Å². The van der Waals surface area contributed by atoms with Gasteiger partial charge in [-0.05, 0) is 52.6 Å². The highest BCUT2D eigenvalue weighted by Gasteiger charge is 2.47. The fourth-order valence-corrected chi connectivity index (χ4v) is 9.96. The first-order valence-corrected chi connectivity index (χ1v) is 24.4. The summed E-state index contributed by atoms with van der Waals surface area (Å²) in [4.78, 5) is 13.7. The van der Waals surface area contributed by atoms with Gasteiger partial charge in [-0.3, -0.25) is 4.79 Å². The summed E-state index contributed by atoms with van der Waals surface area (Å²) in [6, 6.07) is 25.7. The molecule has 0 spiro atoms. The first-order valence-electron chi connectivity index (χ1n) is 24.4. The SMILES string of the molecule is FC(F)(F)c1cc([B-](c2cc(C(F)(F)F)cc(C(F)(F)F)c2)(c2cc(C(F)(F)F)cc(C(F)(F)F)c2)c2cc(C(F)(F)F)cc(C(F)(F)F)c2)cc(C(F)(F)F)c1.O=C(c1ccc2ccccc2c1)c1c2ccccc2cc[n+]1Cc1ccccc1. The molecule has 9 aromatic rings. The van der Waals surface area contributed by atoms with E-state index in [9.17, 15) is 110 Å². The third-order valence-corrected chi connectivity index (χ3v) is 13.8. The molecule has 8 aromatic carbocycles. The summed E-state index contributed by atoms with van der Waals surface area (Å²) in [5.74, 6) is 0.0449. The number of pyridine rings is 1. The lowest BCUT2D eigenvalue weighted by molar-refractivity contribution is -0.688. The number of carbonyl (C=O) groups is 1. The van der Waals surface area contributed by atoms with Gasteiger partial charge in [0.05, 0.1) is 49.9 Å². The first kappa shape index (κ1) is 63.5. The van der Waals surface area contributed by atoms with Crippen molar-refractivity contribution in [1.29, 1.82) is 0 Å². The Hall–Kier alpha value is -8.52. The second-order valence-electron chi connectivity index (χ2n) is 19.5. The molecule has 0 atom stereocenters. The minimum absolute atomic E-state index is 0.0449. The number of aromatic nitrogens is 1. The third-order valence-electron chi connectivity index (χ3n) is 13.8. The summed E-state index contributed by atoms with van der Waals surface area (Å²) in [7, 11) is 0. The van der Waals surface area contributed by atoms with Crippen molar-refractivity contribution < 1.29 is 115 Å². The molecule has 27 heteroatoms. The van der Waals surface area contributed by atoms with Crippen molar-refractivity contribution in [1.82, 2.24) is 0 Å². The average Bonchev–Trinajstić information content (AvgIpc) is 0.714. The summed E-state index contributed by atoms with van der Waals surface area (Å²) in [5.41, 5.74) is -27.6. The van der Waals surface area contributed by atoms with Gasteiger partial charge in [-0.15, -0.1) is 0 Å². The second-order valence-corrected chi connectivity index (χ2v) is 19.5. The van der Waals surface area contributed by atoms with Gasteiger partial charge in [0.15, 0.2) is 12.7 Å². The van der Waals surface area contributed by atoms with E-state index in [0.717, 1.165) is 27.2 Å². The number of alkyl halides is 24.